The molecule has 0 radical (unpaired) electrons. The zero-order valence-electron chi connectivity index (χ0n) is 20.3. The van der Waals surface area contributed by atoms with Crippen LogP contribution in [-0.2, 0) is 4.43 Å². The highest BCUT2D eigenvalue weighted by molar-refractivity contribution is 6.77. The van der Waals surface area contributed by atoms with Crippen molar-refractivity contribution < 1.29 is 29.0 Å². The Bertz CT molecular complexity index is 951. The van der Waals surface area contributed by atoms with Gasteiger partial charge in [0.15, 0.2) is 5.82 Å². The van der Waals surface area contributed by atoms with Crippen molar-refractivity contribution in [1.82, 2.24) is 9.78 Å². The Balaban J connectivity index is 2.10. The average Bonchev–Trinajstić information content (AvgIpc) is 3.16. The normalized spacial score (nSPS) is 12.9. The fraction of sp³-hybridized carbons (Fsp3) is 0.522. The minimum atomic E-state index is -2.04. The fourth-order valence-corrected chi connectivity index (χ4v) is 10.0. The molecule has 1 amide bonds. The van der Waals surface area contributed by atoms with Gasteiger partial charge in [-0.2, -0.15) is 4.68 Å². The highest BCUT2D eigenvalue weighted by Gasteiger charge is 2.45. The van der Waals surface area contributed by atoms with E-state index in [1.165, 1.54) is 30.5 Å². The molecular weight excluding hydrogens is 442 g/mol. The molecule has 2 rings (SSSR count). The maximum atomic E-state index is 12.6. The first-order valence-electron chi connectivity index (χ1n) is 11.1. The number of aromatic nitrogens is 2. The van der Waals surface area contributed by atoms with Crippen LogP contribution in [0.3, 0.4) is 0 Å². The van der Waals surface area contributed by atoms with Gasteiger partial charge in [0.1, 0.15) is 17.6 Å². The molecule has 0 aliphatic rings. The largest absolute Gasteiger partial charge is 0.508 e. The summed E-state index contributed by atoms with van der Waals surface area (Å²) in [6, 6.07) is 5.61. The first-order chi connectivity index (χ1) is 15.4. The summed E-state index contributed by atoms with van der Waals surface area (Å²) in [6.45, 7) is 15.6. The minimum Gasteiger partial charge on any atom is -0.508 e. The molecule has 9 nitrogen and oxygen atoms in total. The Labute approximate surface area is 195 Å². The quantitative estimate of drug-likeness (QED) is 0.395. The number of nitrogens with one attached hydrogen (secondary N) is 1. The number of phenolic OH excluding ortho intramolecular Hbond substituents is 1. The van der Waals surface area contributed by atoms with E-state index in [1.807, 2.05) is 6.92 Å². The monoisotopic (exact) mass is 477 g/mol. The van der Waals surface area contributed by atoms with Crippen molar-refractivity contribution >= 4 is 26.1 Å². The van der Waals surface area contributed by atoms with E-state index in [0.717, 1.165) is 0 Å². The second kappa shape index (κ2) is 10.8. The molecule has 1 atom stereocenters. The van der Waals surface area contributed by atoms with Gasteiger partial charge < -0.3 is 24.7 Å². The molecule has 0 aliphatic heterocycles. The van der Waals surface area contributed by atoms with E-state index in [2.05, 4.69) is 52.0 Å². The lowest BCUT2D eigenvalue weighted by molar-refractivity contribution is 0.102. The predicted octanol–water partition coefficient (Wildman–Crippen LogP) is 5.33. The molecule has 0 unspecified atom stereocenters. The Morgan fingerprint density at radius 1 is 1.06 bits per heavy atom. The number of nitrogens with zero attached hydrogens (tertiary/aromatic N) is 2. The Hall–Kier alpha value is -2.85. The second-order valence-corrected chi connectivity index (χ2v) is 14.6. The number of anilines is 1. The molecule has 0 fully saturated rings. The zero-order chi connectivity index (χ0) is 24.9. The van der Waals surface area contributed by atoms with Gasteiger partial charge >= 0.3 is 6.09 Å². The van der Waals surface area contributed by atoms with Crippen molar-refractivity contribution in [3.63, 3.8) is 0 Å². The lowest BCUT2D eigenvalue weighted by Gasteiger charge is -2.42. The van der Waals surface area contributed by atoms with Gasteiger partial charge in [-0.25, -0.2) is 4.79 Å². The van der Waals surface area contributed by atoms with E-state index in [0.29, 0.717) is 33.7 Å². The van der Waals surface area contributed by atoms with E-state index < -0.39 is 20.3 Å². The highest BCUT2D eigenvalue weighted by atomic mass is 28.4. The van der Waals surface area contributed by atoms with Crippen LogP contribution in [-0.4, -0.2) is 53.0 Å². The molecule has 0 saturated heterocycles. The number of rotatable bonds is 10. The Morgan fingerprint density at radius 2 is 1.67 bits per heavy atom. The van der Waals surface area contributed by atoms with E-state index in [9.17, 15) is 14.7 Å². The van der Waals surface area contributed by atoms with Gasteiger partial charge in [0, 0.05) is 23.9 Å². The van der Waals surface area contributed by atoms with Crippen molar-refractivity contribution in [3.8, 4) is 11.5 Å². The predicted molar refractivity (Wildman–Crippen MR) is 129 cm³/mol. The standard InChI is InChI=1S/C23H35N3O6Si/c1-14(2)33(15(3)4,16(5)6)31-13-17(7)32-20-11-18(10-19(27)12-20)22(28)24-21-8-9-26(25-21)23(29)30/h8-12,14-17,27H,13H2,1-7H3,(H,29,30)(H,24,25,28)/t17-/m0/s1. The summed E-state index contributed by atoms with van der Waals surface area (Å²) in [5, 5.41) is 25.3. The fourth-order valence-electron chi connectivity index (χ4n) is 4.50. The average molecular weight is 478 g/mol. The summed E-state index contributed by atoms with van der Waals surface area (Å²) >= 11 is 0. The van der Waals surface area contributed by atoms with Crippen LogP contribution in [0.15, 0.2) is 30.5 Å². The Kier molecular flexibility index (Phi) is 8.67. The number of benzene rings is 1. The number of hydrogen-bond donors (Lipinski definition) is 3. The second-order valence-electron chi connectivity index (χ2n) is 9.15. The number of carboxylic acid groups (broad SMARTS) is 1. The molecule has 3 N–H and O–H groups in total. The molecule has 0 aliphatic carbocycles. The number of carbonyl (C=O) groups is 2. The smallest absolute Gasteiger partial charge is 0.432 e. The highest BCUT2D eigenvalue weighted by Crippen LogP contribution is 2.42. The molecule has 0 spiro atoms. The maximum absolute atomic E-state index is 12.6. The molecule has 0 saturated carbocycles. The third-order valence-corrected chi connectivity index (χ3v) is 11.9. The van der Waals surface area contributed by atoms with Crippen molar-refractivity contribution in [2.45, 2.75) is 71.2 Å². The minimum absolute atomic E-state index is 0.0762. The van der Waals surface area contributed by atoms with E-state index in [4.69, 9.17) is 14.3 Å². The van der Waals surface area contributed by atoms with Crippen LogP contribution in [0.5, 0.6) is 11.5 Å². The molecule has 2 aromatic rings. The Morgan fingerprint density at radius 3 is 2.18 bits per heavy atom. The van der Waals surface area contributed by atoms with Gasteiger partial charge in [-0.1, -0.05) is 41.5 Å². The zero-order valence-corrected chi connectivity index (χ0v) is 21.3. The first kappa shape index (κ1) is 26.4. The number of amides is 1. The third kappa shape index (κ3) is 6.35. The number of aromatic hydroxyl groups is 1. The van der Waals surface area contributed by atoms with E-state index in [-0.39, 0.29) is 23.2 Å². The summed E-state index contributed by atoms with van der Waals surface area (Å²) < 4.78 is 13.2. The summed E-state index contributed by atoms with van der Waals surface area (Å²) in [5.41, 5.74) is 1.50. The van der Waals surface area contributed by atoms with Crippen molar-refractivity contribution in [1.29, 1.82) is 0 Å². The molecule has 1 heterocycles. The molecule has 182 valence electrons. The number of carbonyl (C=O) groups excluding carboxylic acids is 1. The van der Waals surface area contributed by atoms with Crippen LogP contribution >= 0.6 is 0 Å². The van der Waals surface area contributed by atoms with Crippen LogP contribution in [0.25, 0.3) is 0 Å². The van der Waals surface area contributed by atoms with Crippen molar-refractivity contribution in [3.05, 3.63) is 36.0 Å². The van der Waals surface area contributed by atoms with Crippen LogP contribution in [0.1, 0.15) is 58.8 Å². The van der Waals surface area contributed by atoms with Crippen LogP contribution in [0.2, 0.25) is 16.6 Å². The van der Waals surface area contributed by atoms with Crippen LogP contribution in [0, 0.1) is 0 Å². The molecule has 1 aromatic carbocycles. The summed E-state index contributed by atoms with van der Waals surface area (Å²) in [6.07, 6.45) is -0.345. The van der Waals surface area contributed by atoms with Gasteiger partial charge in [-0.05, 0) is 35.7 Å². The third-order valence-electron chi connectivity index (χ3n) is 5.79. The van der Waals surface area contributed by atoms with Gasteiger partial charge in [0.2, 0.25) is 8.32 Å². The molecule has 1 aromatic heterocycles. The molecule has 0 bridgehead atoms. The molecule has 33 heavy (non-hydrogen) atoms. The lowest BCUT2D eigenvalue weighted by Crippen LogP contribution is -2.49. The van der Waals surface area contributed by atoms with Crippen molar-refractivity contribution in [2.24, 2.45) is 0 Å². The molecular formula is C23H35N3O6Si. The number of ether oxygens (including phenoxy) is 1. The van der Waals surface area contributed by atoms with Gasteiger partial charge in [0.05, 0.1) is 6.61 Å². The van der Waals surface area contributed by atoms with E-state index >= 15 is 0 Å². The summed E-state index contributed by atoms with van der Waals surface area (Å²) in [4.78, 5) is 23.5. The molecule has 10 heteroatoms. The number of hydrogen-bond acceptors (Lipinski definition) is 6. The topological polar surface area (TPSA) is 123 Å². The SMILES string of the molecule is CC(C)[Si](OC[C@H](C)Oc1cc(O)cc(C(=O)Nc2ccn(C(=O)O)n2)c1)(C(C)C)C(C)C. The van der Waals surface area contributed by atoms with E-state index in [1.54, 1.807) is 0 Å². The maximum Gasteiger partial charge on any atom is 0.432 e. The van der Waals surface area contributed by atoms with Crippen LogP contribution in [0.4, 0.5) is 10.6 Å². The first-order valence-corrected chi connectivity index (χ1v) is 13.3. The van der Waals surface area contributed by atoms with Gasteiger partial charge in [-0.15, -0.1) is 5.10 Å². The lowest BCUT2D eigenvalue weighted by atomic mass is 10.2. The van der Waals surface area contributed by atoms with Crippen molar-refractivity contribution in [2.75, 3.05) is 11.9 Å². The van der Waals surface area contributed by atoms with Crippen LogP contribution < -0.4 is 10.1 Å². The summed E-state index contributed by atoms with van der Waals surface area (Å²) in [5.74, 6) is -0.274. The van der Waals surface area contributed by atoms with Gasteiger partial charge in [0.25, 0.3) is 5.91 Å². The van der Waals surface area contributed by atoms with Gasteiger partial charge in [-0.3, -0.25) is 4.79 Å². The number of phenols is 1. The summed E-state index contributed by atoms with van der Waals surface area (Å²) in [7, 11) is -2.04.